The van der Waals surface area contributed by atoms with Crippen LogP contribution in [0.5, 0.6) is 0 Å². The van der Waals surface area contributed by atoms with E-state index in [4.69, 9.17) is 5.73 Å². The number of primary amides is 1. The lowest BCUT2D eigenvalue weighted by atomic mass is 9.72. The minimum atomic E-state index is -1.01. The second-order valence-corrected chi connectivity index (χ2v) is 16.3. The summed E-state index contributed by atoms with van der Waals surface area (Å²) in [5.74, 6) is -0.555. The Hall–Kier alpha value is -2.03. The molecule has 4 fully saturated rings. The number of hydrogen-bond acceptors (Lipinski definition) is 5. The predicted octanol–water partition coefficient (Wildman–Crippen LogP) is 4.96. The topological polar surface area (TPSA) is 130 Å². The maximum atomic E-state index is 14.0. The molecule has 4 unspecified atom stereocenters. The minimum absolute atomic E-state index is 0.0190. The van der Waals surface area contributed by atoms with E-state index in [-0.39, 0.29) is 52.1 Å². The van der Waals surface area contributed by atoms with Crippen LogP contribution in [0, 0.1) is 40.4 Å². The van der Waals surface area contributed by atoms with Crippen molar-refractivity contribution in [2.24, 2.45) is 46.2 Å². The molecule has 236 valence electrons. The maximum absolute atomic E-state index is 14.0. The molecule has 4 aliphatic rings. The molecule has 0 bridgehead atoms. The van der Waals surface area contributed by atoms with Crippen molar-refractivity contribution in [3.63, 3.8) is 0 Å². The number of amides is 4. The van der Waals surface area contributed by atoms with Crippen molar-refractivity contribution >= 4 is 35.4 Å². The lowest BCUT2D eigenvalue weighted by Crippen LogP contribution is -2.58. The zero-order valence-corrected chi connectivity index (χ0v) is 27.5. The maximum Gasteiger partial charge on any atom is 0.315 e. The van der Waals surface area contributed by atoms with Crippen molar-refractivity contribution in [3.05, 3.63) is 12.2 Å². The van der Waals surface area contributed by atoms with Gasteiger partial charge in [-0.2, -0.15) is 11.8 Å². The highest BCUT2D eigenvalue weighted by molar-refractivity contribution is 7.98. The highest BCUT2D eigenvalue weighted by Gasteiger charge is 2.69. The van der Waals surface area contributed by atoms with Gasteiger partial charge in [-0.05, 0) is 78.6 Å². The fraction of sp³-hybridized carbons (Fsp3) is 0.818. The van der Waals surface area contributed by atoms with Crippen LogP contribution < -0.4 is 21.7 Å². The third-order valence-corrected chi connectivity index (χ3v) is 11.5. The molecule has 4 aliphatic carbocycles. The van der Waals surface area contributed by atoms with Crippen LogP contribution in [-0.2, 0) is 14.4 Å². The van der Waals surface area contributed by atoms with Gasteiger partial charge in [-0.15, -0.1) is 0 Å². The lowest BCUT2D eigenvalue weighted by molar-refractivity contribution is -0.139. The number of thioether (sulfide) groups is 1. The van der Waals surface area contributed by atoms with Gasteiger partial charge in [0.2, 0.25) is 11.7 Å². The number of Topliss-reactive ketones (excluding diaryl/α,β-unsaturated/α-hetero) is 1. The molecule has 4 amide bonds. The number of ketones is 1. The fourth-order valence-electron chi connectivity index (χ4n) is 8.16. The lowest BCUT2D eigenvalue weighted by Gasteiger charge is -2.41. The zero-order chi connectivity index (χ0) is 31.0. The first-order valence-corrected chi connectivity index (χ1v) is 17.4. The molecule has 0 heterocycles. The van der Waals surface area contributed by atoms with Crippen LogP contribution in [0.15, 0.2) is 12.2 Å². The summed E-state index contributed by atoms with van der Waals surface area (Å²) in [6.45, 7) is 15.2. The van der Waals surface area contributed by atoms with Crippen LogP contribution in [0.2, 0.25) is 0 Å². The molecular weight excluding hydrogens is 548 g/mol. The van der Waals surface area contributed by atoms with Gasteiger partial charge < -0.3 is 21.7 Å². The molecule has 0 saturated heterocycles. The Morgan fingerprint density at radius 1 is 1.05 bits per heavy atom. The molecule has 4 saturated carbocycles. The van der Waals surface area contributed by atoms with Gasteiger partial charge in [0.1, 0.15) is 0 Å². The number of fused-ring (bicyclic) bond motifs is 1. The van der Waals surface area contributed by atoms with Gasteiger partial charge in [0.15, 0.2) is 0 Å². The Balaban J connectivity index is 1.52. The third kappa shape index (κ3) is 7.19. The average Bonchev–Trinajstić information content (AvgIpc) is 3.76. The Labute approximate surface area is 256 Å². The summed E-state index contributed by atoms with van der Waals surface area (Å²) in [6, 6.07) is -1.39. The molecule has 0 aromatic heterocycles. The summed E-state index contributed by atoms with van der Waals surface area (Å²) in [5.41, 5.74) is 5.73. The van der Waals surface area contributed by atoms with Gasteiger partial charge in [0.05, 0.1) is 12.1 Å². The molecule has 0 radical (unpaired) electrons. The fourth-order valence-corrected chi connectivity index (χ4v) is 8.75. The van der Waals surface area contributed by atoms with E-state index in [1.165, 1.54) is 6.42 Å². The Morgan fingerprint density at radius 3 is 2.24 bits per heavy atom. The number of nitrogens with two attached hydrogens (primary N) is 1. The minimum Gasteiger partial charge on any atom is -0.363 e. The highest BCUT2D eigenvalue weighted by atomic mass is 32.2. The number of urea groups is 1. The first-order chi connectivity index (χ1) is 19.6. The van der Waals surface area contributed by atoms with E-state index >= 15 is 0 Å². The predicted molar refractivity (Wildman–Crippen MR) is 169 cm³/mol. The monoisotopic (exact) mass is 602 g/mol. The van der Waals surface area contributed by atoms with E-state index in [1.54, 1.807) is 0 Å². The molecule has 0 aliphatic heterocycles. The van der Waals surface area contributed by atoms with Gasteiger partial charge in [-0.25, -0.2) is 4.79 Å². The molecule has 9 heteroatoms. The van der Waals surface area contributed by atoms with E-state index in [0.717, 1.165) is 62.7 Å². The SMILES string of the molecule is C=C(C1CC2C([C@H]1C(=O)NC(CC1CC1)C(=O)C(N)=O)C2(C)C)[C@@H](NC(=O)NC1(CCSC)CCCCC1)C(C)(C)C. The van der Waals surface area contributed by atoms with Crippen LogP contribution in [0.25, 0.3) is 0 Å². The summed E-state index contributed by atoms with van der Waals surface area (Å²) in [5, 5.41) is 9.64. The Kier molecular flexibility index (Phi) is 9.81. The Bertz CT molecular complexity index is 1070. The van der Waals surface area contributed by atoms with Crippen LogP contribution >= 0.6 is 11.8 Å². The van der Waals surface area contributed by atoms with Gasteiger partial charge in [-0.3, -0.25) is 14.4 Å². The van der Waals surface area contributed by atoms with E-state index in [0.29, 0.717) is 18.3 Å². The molecule has 0 spiro atoms. The van der Waals surface area contributed by atoms with E-state index in [1.807, 2.05) is 11.8 Å². The summed E-state index contributed by atoms with van der Waals surface area (Å²) in [4.78, 5) is 52.0. The second-order valence-electron chi connectivity index (χ2n) is 15.3. The summed E-state index contributed by atoms with van der Waals surface area (Å²) >= 11 is 1.81. The van der Waals surface area contributed by atoms with Crippen molar-refractivity contribution in [2.75, 3.05) is 12.0 Å². The van der Waals surface area contributed by atoms with E-state index in [2.05, 4.69) is 63.4 Å². The van der Waals surface area contributed by atoms with Crippen LogP contribution in [-0.4, -0.2) is 53.3 Å². The zero-order valence-electron chi connectivity index (χ0n) is 26.6. The van der Waals surface area contributed by atoms with E-state index in [9.17, 15) is 19.2 Å². The molecule has 8 nitrogen and oxygen atoms in total. The number of rotatable bonds is 13. The number of nitrogens with one attached hydrogen (secondary N) is 3. The number of carbonyl (C=O) groups is 4. The van der Waals surface area contributed by atoms with Crippen molar-refractivity contribution in [1.29, 1.82) is 0 Å². The molecular formula is C33H54N4O4S. The standard InChI is InChI=1S/C33H54N4O4S/c1-19(27(31(2,3)4)36-30(41)37-33(15-16-42-7)13-9-8-10-14-33)21-18-22-25(32(22,5)6)24(21)29(40)35-23(17-20-11-12-20)26(38)28(34)39/h20-25,27H,1,8-18H2,2-7H3,(H2,34,39)(H,35,40)(H2,36,37,41)/t21?,22?,23?,24-,25?,27+/m0/s1. The van der Waals surface area contributed by atoms with Crippen molar-refractivity contribution in [3.8, 4) is 0 Å². The third-order valence-electron chi connectivity index (χ3n) is 10.9. The van der Waals surface area contributed by atoms with Gasteiger partial charge >= 0.3 is 6.03 Å². The van der Waals surface area contributed by atoms with Gasteiger partial charge in [0, 0.05) is 11.5 Å². The summed E-state index contributed by atoms with van der Waals surface area (Å²) in [6.07, 6.45) is 11.8. The normalized spacial score (nSPS) is 29.0. The van der Waals surface area contributed by atoms with Gasteiger partial charge in [0.25, 0.3) is 5.91 Å². The summed E-state index contributed by atoms with van der Waals surface area (Å²) in [7, 11) is 0. The van der Waals surface area contributed by atoms with Gasteiger partial charge in [-0.1, -0.05) is 78.9 Å². The number of carbonyl (C=O) groups excluding carboxylic acids is 4. The van der Waals surface area contributed by atoms with Crippen LogP contribution in [0.1, 0.15) is 98.8 Å². The first kappa shape index (κ1) is 32.9. The molecule has 4 rings (SSSR count). The van der Waals surface area contributed by atoms with Crippen molar-refractivity contribution < 1.29 is 19.2 Å². The quantitative estimate of drug-likeness (QED) is 0.175. The molecule has 5 N–H and O–H groups in total. The van der Waals surface area contributed by atoms with Crippen LogP contribution in [0.4, 0.5) is 4.79 Å². The first-order valence-electron chi connectivity index (χ1n) is 16.0. The second kappa shape index (κ2) is 12.5. The molecule has 0 aromatic carbocycles. The van der Waals surface area contributed by atoms with Crippen molar-refractivity contribution in [1.82, 2.24) is 16.0 Å². The van der Waals surface area contributed by atoms with Crippen LogP contribution in [0.3, 0.4) is 0 Å². The number of hydrogen-bond donors (Lipinski definition) is 4. The van der Waals surface area contributed by atoms with E-state index < -0.39 is 17.7 Å². The average molecular weight is 603 g/mol. The summed E-state index contributed by atoms with van der Waals surface area (Å²) < 4.78 is 0. The smallest absolute Gasteiger partial charge is 0.315 e. The Morgan fingerprint density at radius 2 is 1.69 bits per heavy atom. The molecule has 6 atom stereocenters. The van der Waals surface area contributed by atoms with Crippen molar-refractivity contribution in [2.45, 2.75) is 116 Å². The molecule has 42 heavy (non-hydrogen) atoms. The largest absolute Gasteiger partial charge is 0.363 e. The molecule has 0 aromatic rings. The highest BCUT2D eigenvalue weighted by Crippen LogP contribution is 2.71.